The lowest BCUT2D eigenvalue weighted by molar-refractivity contribution is -0.151. The van der Waals surface area contributed by atoms with Gasteiger partial charge in [0.25, 0.3) is 0 Å². The molecule has 158 valence electrons. The zero-order chi connectivity index (χ0) is 21.0. The van der Waals surface area contributed by atoms with Crippen molar-refractivity contribution in [3.8, 4) is 0 Å². The monoisotopic (exact) mass is 395 g/mol. The van der Waals surface area contributed by atoms with Gasteiger partial charge in [-0.3, -0.25) is 14.4 Å². The van der Waals surface area contributed by atoms with Gasteiger partial charge in [0.1, 0.15) is 11.6 Å². The summed E-state index contributed by atoms with van der Waals surface area (Å²) in [6, 6.07) is -1.45. The fourth-order valence-corrected chi connectivity index (χ4v) is 5.70. The molecule has 3 N–H and O–H groups in total. The van der Waals surface area contributed by atoms with Crippen molar-refractivity contribution in [1.82, 2.24) is 15.5 Å². The maximum Gasteiger partial charge on any atom is 0.246 e. The summed E-state index contributed by atoms with van der Waals surface area (Å²) in [7, 11) is 1.55. The molecule has 3 rings (SSSR count). The van der Waals surface area contributed by atoms with Crippen molar-refractivity contribution in [2.75, 3.05) is 13.7 Å². The number of likely N-dealkylation sites (tertiary alicyclic amines) is 1. The van der Waals surface area contributed by atoms with Crippen molar-refractivity contribution in [3.05, 3.63) is 0 Å². The number of aliphatic hydroxyl groups excluding tert-OH is 1. The van der Waals surface area contributed by atoms with E-state index in [1.165, 1.54) is 4.90 Å². The molecule has 3 amide bonds. The molecule has 0 aromatic rings. The number of amides is 3. The van der Waals surface area contributed by atoms with Gasteiger partial charge in [-0.2, -0.15) is 0 Å². The van der Waals surface area contributed by atoms with Crippen LogP contribution in [-0.2, 0) is 19.1 Å². The minimum absolute atomic E-state index is 0.0161. The van der Waals surface area contributed by atoms with Crippen molar-refractivity contribution < 1.29 is 24.2 Å². The number of carbonyl (C=O) groups is 3. The summed E-state index contributed by atoms with van der Waals surface area (Å²) >= 11 is 0. The van der Waals surface area contributed by atoms with Gasteiger partial charge in [-0.25, -0.2) is 0 Å². The number of nitrogens with zero attached hydrogens (tertiary/aromatic N) is 1. The Kier molecular flexibility index (Phi) is 5.25. The molecule has 0 aromatic heterocycles. The van der Waals surface area contributed by atoms with E-state index in [0.29, 0.717) is 12.8 Å². The number of aliphatic hydroxyl groups is 1. The number of hydrogen-bond acceptors (Lipinski definition) is 5. The highest BCUT2D eigenvalue weighted by Gasteiger charge is 2.80. The number of nitrogens with one attached hydrogen (secondary N) is 2. The van der Waals surface area contributed by atoms with Gasteiger partial charge in [-0.05, 0) is 39.5 Å². The van der Waals surface area contributed by atoms with Gasteiger partial charge in [-0.1, -0.05) is 13.8 Å². The predicted octanol–water partition coefficient (Wildman–Crippen LogP) is 0.0386. The van der Waals surface area contributed by atoms with E-state index in [0.717, 1.165) is 0 Å². The highest BCUT2D eigenvalue weighted by atomic mass is 16.5. The van der Waals surface area contributed by atoms with Crippen molar-refractivity contribution in [3.63, 3.8) is 0 Å². The first-order valence-electron chi connectivity index (χ1n) is 10.2. The van der Waals surface area contributed by atoms with Crippen LogP contribution >= 0.6 is 0 Å². The molecule has 7 atom stereocenters. The SMILES string of the molecule is CC[C@@H](CO)N1C(=O)[C@@H]2[C@@H](C(=O)NC)[C@]3(C)OC2(CC3C)C1C(=O)NC(C)C. The van der Waals surface area contributed by atoms with Gasteiger partial charge in [0.05, 0.1) is 30.1 Å². The minimum atomic E-state index is -1.05. The summed E-state index contributed by atoms with van der Waals surface area (Å²) in [5.74, 6) is -2.17. The quantitative estimate of drug-likeness (QED) is 0.589. The third kappa shape index (κ3) is 2.60. The summed E-state index contributed by atoms with van der Waals surface area (Å²) in [4.78, 5) is 41.1. The smallest absolute Gasteiger partial charge is 0.246 e. The van der Waals surface area contributed by atoms with Gasteiger partial charge in [0, 0.05) is 13.1 Å². The Morgan fingerprint density at radius 2 is 2.00 bits per heavy atom. The number of fused-ring (bicyclic) bond motifs is 1. The molecular weight excluding hydrogens is 362 g/mol. The summed E-state index contributed by atoms with van der Waals surface area (Å²) in [6.45, 7) is 9.24. The van der Waals surface area contributed by atoms with Crippen LogP contribution in [0.2, 0.25) is 0 Å². The largest absolute Gasteiger partial charge is 0.394 e. The van der Waals surface area contributed by atoms with E-state index >= 15 is 0 Å². The summed E-state index contributed by atoms with van der Waals surface area (Å²) in [6.07, 6.45) is 1.04. The van der Waals surface area contributed by atoms with E-state index in [9.17, 15) is 19.5 Å². The zero-order valence-electron chi connectivity index (χ0n) is 17.6. The van der Waals surface area contributed by atoms with E-state index in [1.807, 2.05) is 34.6 Å². The Hall–Kier alpha value is -1.67. The Morgan fingerprint density at radius 1 is 1.36 bits per heavy atom. The van der Waals surface area contributed by atoms with E-state index < -0.39 is 35.1 Å². The Bertz CT molecular complexity index is 679. The lowest BCUT2D eigenvalue weighted by Gasteiger charge is -2.37. The highest BCUT2D eigenvalue weighted by molar-refractivity contribution is 5.99. The number of carbonyl (C=O) groups excluding carboxylic acids is 3. The highest BCUT2D eigenvalue weighted by Crippen LogP contribution is 2.65. The molecule has 0 saturated carbocycles. The molecule has 1 spiro atoms. The first kappa shape index (κ1) is 21.0. The lowest BCUT2D eigenvalue weighted by Crippen LogP contribution is -2.58. The molecule has 3 heterocycles. The molecule has 2 bridgehead atoms. The molecule has 3 aliphatic heterocycles. The van der Waals surface area contributed by atoms with Gasteiger partial charge in [0.2, 0.25) is 17.7 Å². The first-order chi connectivity index (χ1) is 13.1. The molecule has 3 fully saturated rings. The molecule has 3 unspecified atom stereocenters. The van der Waals surface area contributed by atoms with Crippen LogP contribution in [0.4, 0.5) is 0 Å². The number of ether oxygens (including phenoxy) is 1. The van der Waals surface area contributed by atoms with Crippen LogP contribution in [0.3, 0.4) is 0 Å². The average Bonchev–Trinajstić information content (AvgIpc) is 3.13. The average molecular weight is 396 g/mol. The van der Waals surface area contributed by atoms with Crippen LogP contribution in [0.1, 0.15) is 47.5 Å². The maximum atomic E-state index is 13.6. The zero-order valence-corrected chi connectivity index (χ0v) is 17.6. The lowest BCUT2D eigenvalue weighted by atomic mass is 9.62. The molecule has 0 radical (unpaired) electrons. The van der Waals surface area contributed by atoms with E-state index in [2.05, 4.69) is 10.6 Å². The molecule has 8 nitrogen and oxygen atoms in total. The van der Waals surface area contributed by atoms with E-state index in [-0.39, 0.29) is 36.3 Å². The fourth-order valence-electron chi connectivity index (χ4n) is 5.70. The first-order valence-corrected chi connectivity index (χ1v) is 10.2. The Morgan fingerprint density at radius 3 is 2.50 bits per heavy atom. The third-order valence-corrected chi connectivity index (χ3v) is 7.04. The minimum Gasteiger partial charge on any atom is -0.394 e. The van der Waals surface area contributed by atoms with Gasteiger partial charge in [0.15, 0.2) is 0 Å². The second-order valence-corrected chi connectivity index (χ2v) is 8.97. The summed E-state index contributed by atoms with van der Waals surface area (Å²) in [5, 5.41) is 15.5. The van der Waals surface area contributed by atoms with Crippen LogP contribution < -0.4 is 10.6 Å². The van der Waals surface area contributed by atoms with Crippen LogP contribution in [0.25, 0.3) is 0 Å². The second-order valence-electron chi connectivity index (χ2n) is 8.97. The maximum absolute atomic E-state index is 13.6. The molecule has 3 aliphatic rings. The predicted molar refractivity (Wildman–Crippen MR) is 102 cm³/mol. The molecule has 3 saturated heterocycles. The number of rotatable bonds is 6. The van der Waals surface area contributed by atoms with Crippen molar-refractivity contribution in [1.29, 1.82) is 0 Å². The van der Waals surface area contributed by atoms with E-state index in [4.69, 9.17) is 4.74 Å². The van der Waals surface area contributed by atoms with E-state index in [1.54, 1.807) is 7.05 Å². The topological polar surface area (TPSA) is 108 Å². The summed E-state index contributed by atoms with van der Waals surface area (Å²) in [5.41, 5.74) is -1.85. The van der Waals surface area contributed by atoms with Gasteiger partial charge >= 0.3 is 0 Å². The molecular formula is C20H33N3O5. The Labute approximate surface area is 166 Å². The van der Waals surface area contributed by atoms with Crippen LogP contribution in [-0.4, -0.2) is 70.7 Å². The molecule has 8 heteroatoms. The third-order valence-electron chi connectivity index (χ3n) is 7.04. The normalized spacial score (nSPS) is 40.0. The number of hydrogen-bond donors (Lipinski definition) is 3. The van der Waals surface area contributed by atoms with Crippen molar-refractivity contribution in [2.24, 2.45) is 17.8 Å². The standard InChI is InChI=1S/C20H33N3O5/c1-7-12(9-24)23-15(17(26)22-10(2)3)20-8-11(4)19(5,28-20)13(16(25)21-6)14(20)18(23)27/h10-15,24H,7-9H2,1-6H3,(H,21,25)(H,22,26)/t11?,12-,13-,14-,15?,19+,20?/m0/s1. The van der Waals surface area contributed by atoms with Crippen LogP contribution in [0, 0.1) is 17.8 Å². The van der Waals surface area contributed by atoms with Crippen LogP contribution in [0.15, 0.2) is 0 Å². The van der Waals surface area contributed by atoms with Gasteiger partial charge < -0.3 is 25.4 Å². The van der Waals surface area contributed by atoms with Gasteiger partial charge in [-0.15, -0.1) is 0 Å². The Balaban J connectivity index is 2.15. The van der Waals surface area contributed by atoms with Crippen molar-refractivity contribution >= 4 is 17.7 Å². The van der Waals surface area contributed by atoms with Crippen LogP contribution in [0.5, 0.6) is 0 Å². The summed E-state index contributed by atoms with van der Waals surface area (Å²) < 4.78 is 6.51. The van der Waals surface area contributed by atoms with Crippen molar-refractivity contribution in [2.45, 2.75) is 76.8 Å². The molecule has 0 aromatic carbocycles. The fraction of sp³-hybridized carbons (Fsp3) is 0.850. The second kappa shape index (κ2) is 6.99. The molecule has 28 heavy (non-hydrogen) atoms. The molecule has 0 aliphatic carbocycles.